The van der Waals surface area contributed by atoms with Crippen LogP contribution in [0.5, 0.6) is 0 Å². The summed E-state index contributed by atoms with van der Waals surface area (Å²) in [6.07, 6.45) is 0. The van der Waals surface area contributed by atoms with Crippen molar-refractivity contribution in [1.82, 2.24) is 19.9 Å². The molecule has 0 saturated heterocycles. The number of ether oxygens (including phenoxy) is 1. The minimum atomic E-state index is -0.656. The molecule has 0 atom stereocenters. The first-order valence-corrected chi connectivity index (χ1v) is 8.97. The van der Waals surface area contributed by atoms with Gasteiger partial charge < -0.3 is 9.26 Å². The molecule has 0 N–H and O–H groups in total. The lowest BCUT2D eigenvalue weighted by Gasteiger charge is -2.03. The van der Waals surface area contributed by atoms with Gasteiger partial charge in [0.05, 0.1) is 11.4 Å². The minimum absolute atomic E-state index is 0.0990. The van der Waals surface area contributed by atoms with Crippen molar-refractivity contribution in [1.29, 1.82) is 0 Å². The normalized spacial score (nSPS) is 10.9. The van der Waals surface area contributed by atoms with E-state index < -0.39 is 5.97 Å². The summed E-state index contributed by atoms with van der Waals surface area (Å²) in [5.74, 6) is -0.657. The summed E-state index contributed by atoms with van der Waals surface area (Å²) >= 11 is 6.36. The van der Waals surface area contributed by atoms with Crippen LogP contribution in [0.4, 0.5) is 4.39 Å². The van der Waals surface area contributed by atoms with E-state index in [0.29, 0.717) is 11.3 Å². The summed E-state index contributed by atoms with van der Waals surface area (Å²) in [5, 5.41) is 8.26. The number of para-hydroxylation sites is 1. The molecule has 0 aliphatic heterocycles. The third-order valence-corrected chi connectivity index (χ3v) is 4.46. The zero-order valence-corrected chi connectivity index (χ0v) is 15.9. The van der Waals surface area contributed by atoms with Gasteiger partial charge in [0, 0.05) is 5.56 Å². The number of hydrogen-bond acceptors (Lipinski definition) is 6. The van der Waals surface area contributed by atoms with Crippen molar-refractivity contribution in [3.05, 3.63) is 82.7 Å². The summed E-state index contributed by atoms with van der Waals surface area (Å²) in [6, 6.07) is 14.8. The Morgan fingerprint density at radius 1 is 1.17 bits per heavy atom. The van der Waals surface area contributed by atoms with Crippen molar-refractivity contribution in [2.24, 2.45) is 0 Å². The molecule has 0 aliphatic carbocycles. The van der Waals surface area contributed by atoms with Crippen molar-refractivity contribution in [3.8, 4) is 17.1 Å². The number of aromatic nitrogens is 4. The van der Waals surface area contributed by atoms with Crippen LogP contribution < -0.4 is 0 Å². The van der Waals surface area contributed by atoms with Gasteiger partial charge in [-0.2, -0.15) is 10.1 Å². The molecule has 0 saturated carbocycles. The van der Waals surface area contributed by atoms with E-state index in [1.807, 2.05) is 30.3 Å². The number of rotatable bonds is 5. The van der Waals surface area contributed by atoms with E-state index in [9.17, 15) is 9.18 Å². The van der Waals surface area contributed by atoms with Crippen molar-refractivity contribution >= 4 is 17.6 Å². The SMILES string of the molecule is Cc1nn(-c2ccccc2)c(Cl)c1C(=O)OCc1nc(-c2ccc(F)cc2)no1. The molecule has 146 valence electrons. The average Bonchev–Trinajstić information content (AvgIpc) is 3.32. The molecule has 2 heterocycles. The lowest BCUT2D eigenvalue weighted by atomic mass is 10.2. The summed E-state index contributed by atoms with van der Waals surface area (Å²) in [5.41, 5.74) is 1.89. The number of hydrogen-bond donors (Lipinski definition) is 0. The molecule has 2 aromatic carbocycles. The third kappa shape index (κ3) is 3.88. The van der Waals surface area contributed by atoms with Gasteiger partial charge in [0.15, 0.2) is 6.61 Å². The minimum Gasteiger partial charge on any atom is -0.452 e. The van der Waals surface area contributed by atoms with Gasteiger partial charge in [0.25, 0.3) is 5.89 Å². The fourth-order valence-electron chi connectivity index (χ4n) is 2.70. The summed E-state index contributed by atoms with van der Waals surface area (Å²) in [6.45, 7) is 1.43. The maximum Gasteiger partial charge on any atom is 0.343 e. The monoisotopic (exact) mass is 412 g/mol. The summed E-state index contributed by atoms with van der Waals surface area (Å²) in [7, 11) is 0. The van der Waals surface area contributed by atoms with Gasteiger partial charge in [-0.05, 0) is 43.3 Å². The Labute approximate surface area is 169 Å². The fourth-order valence-corrected chi connectivity index (χ4v) is 3.05. The van der Waals surface area contributed by atoms with Gasteiger partial charge >= 0.3 is 5.97 Å². The number of carbonyl (C=O) groups is 1. The van der Waals surface area contributed by atoms with Crippen LogP contribution in [0.1, 0.15) is 21.9 Å². The predicted molar refractivity (Wildman–Crippen MR) is 102 cm³/mol. The highest BCUT2D eigenvalue weighted by atomic mass is 35.5. The Morgan fingerprint density at radius 3 is 2.62 bits per heavy atom. The largest absolute Gasteiger partial charge is 0.452 e. The van der Waals surface area contributed by atoms with Gasteiger partial charge in [-0.3, -0.25) is 0 Å². The molecular weight excluding hydrogens is 399 g/mol. The molecule has 9 heteroatoms. The van der Waals surface area contributed by atoms with E-state index in [0.717, 1.165) is 5.69 Å². The number of esters is 1. The second-order valence-corrected chi connectivity index (χ2v) is 6.45. The quantitative estimate of drug-likeness (QED) is 0.452. The molecule has 0 fully saturated rings. The summed E-state index contributed by atoms with van der Waals surface area (Å²) < 4.78 is 24.8. The van der Waals surface area contributed by atoms with Gasteiger partial charge in [0.1, 0.15) is 16.5 Å². The van der Waals surface area contributed by atoms with E-state index in [1.165, 1.54) is 28.9 Å². The maximum atomic E-state index is 13.0. The van der Waals surface area contributed by atoms with Crippen molar-refractivity contribution in [2.45, 2.75) is 13.5 Å². The van der Waals surface area contributed by atoms with E-state index >= 15 is 0 Å². The van der Waals surface area contributed by atoms with Crippen LogP contribution in [-0.4, -0.2) is 25.9 Å². The molecule has 0 bridgehead atoms. The summed E-state index contributed by atoms with van der Waals surface area (Å²) in [4.78, 5) is 16.7. The topological polar surface area (TPSA) is 83.0 Å². The van der Waals surface area contributed by atoms with Gasteiger partial charge in [-0.15, -0.1) is 0 Å². The average molecular weight is 413 g/mol. The highest BCUT2D eigenvalue weighted by Gasteiger charge is 2.23. The van der Waals surface area contributed by atoms with Crippen LogP contribution in [-0.2, 0) is 11.3 Å². The van der Waals surface area contributed by atoms with Gasteiger partial charge in [-0.25, -0.2) is 13.9 Å². The maximum absolute atomic E-state index is 13.0. The second-order valence-electron chi connectivity index (χ2n) is 6.09. The molecule has 0 amide bonds. The van der Waals surface area contributed by atoms with Gasteiger partial charge in [0.2, 0.25) is 5.82 Å². The first-order valence-electron chi connectivity index (χ1n) is 8.59. The van der Waals surface area contributed by atoms with Crippen molar-refractivity contribution in [3.63, 3.8) is 0 Å². The molecule has 4 aromatic rings. The van der Waals surface area contributed by atoms with E-state index in [-0.39, 0.29) is 34.9 Å². The van der Waals surface area contributed by atoms with Crippen LogP contribution in [0, 0.1) is 12.7 Å². The molecule has 0 unspecified atom stereocenters. The molecule has 2 aromatic heterocycles. The third-order valence-electron chi connectivity index (χ3n) is 4.11. The smallest absolute Gasteiger partial charge is 0.343 e. The molecule has 0 radical (unpaired) electrons. The lowest BCUT2D eigenvalue weighted by molar-refractivity contribution is 0.0429. The first-order chi connectivity index (χ1) is 14.0. The second kappa shape index (κ2) is 7.84. The fraction of sp³-hybridized carbons (Fsp3) is 0.100. The van der Waals surface area contributed by atoms with Crippen molar-refractivity contribution < 1.29 is 18.4 Å². The Bertz CT molecular complexity index is 1160. The Kier molecular flexibility index (Phi) is 5.09. The number of aryl methyl sites for hydroxylation is 1. The Hall–Kier alpha value is -3.52. The number of carbonyl (C=O) groups excluding carboxylic acids is 1. The number of nitrogens with zero attached hydrogens (tertiary/aromatic N) is 4. The van der Waals surface area contributed by atoms with E-state index in [4.69, 9.17) is 20.9 Å². The zero-order chi connectivity index (χ0) is 20.4. The first kappa shape index (κ1) is 18.8. The molecule has 7 nitrogen and oxygen atoms in total. The van der Waals surface area contributed by atoms with E-state index in [1.54, 1.807) is 6.92 Å². The van der Waals surface area contributed by atoms with Crippen LogP contribution >= 0.6 is 11.6 Å². The highest BCUT2D eigenvalue weighted by Crippen LogP contribution is 2.24. The van der Waals surface area contributed by atoms with Crippen LogP contribution in [0.3, 0.4) is 0 Å². The number of benzene rings is 2. The van der Waals surface area contributed by atoms with Gasteiger partial charge in [-0.1, -0.05) is 35.0 Å². The molecule has 29 heavy (non-hydrogen) atoms. The van der Waals surface area contributed by atoms with E-state index in [2.05, 4.69) is 15.2 Å². The lowest BCUT2D eigenvalue weighted by Crippen LogP contribution is -2.07. The number of halogens is 2. The highest BCUT2D eigenvalue weighted by molar-refractivity contribution is 6.33. The predicted octanol–water partition coefficient (Wildman–Crippen LogP) is 4.38. The molecule has 4 rings (SSSR count). The van der Waals surface area contributed by atoms with Crippen LogP contribution in [0.15, 0.2) is 59.1 Å². The van der Waals surface area contributed by atoms with Crippen LogP contribution in [0.25, 0.3) is 17.1 Å². The zero-order valence-electron chi connectivity index (χ0n) is 15.2. The molecule has 0 aliphatic rings. The van der Waals surface area contributed by atoms with Crippen LogP contribution in [0.2, 0.25) is 5.15 Å². The van der Waals surface area contributed by atoms with Crippen molar-refractivity contribution in [2.75, 3.05) is 0 Å². The standard InChI is InChI=1S/C20H14ClFN4O3/c1-12-17(18(21)26(24-12)15-5-3-2-4-6-15)20(27)28-11-16-23-19(25-29-16)13-7-9-14(22)10-8-13/h2-10H,11H2,1H3. The Balaban J connectivity index is 1.48. The Morgan fingerprint density at radius 2 is 1.90 bits per heavy atom. The molecule has 0 spiro atoms. The molecular formula is C20H14ClFN4O3.